The molecule has 0 spiro atoms. The highest BCUT2D eigenvalue weighted by Gasteiger charge is 2.18. The van der Waals surface area contributed by atoms with Crippen LogP contribution in [0, 0.1) is 5.82 Å². The molecule has 0 saturated carbocycles. The van der Waals surface area contributed by atoms with Crippen LogP contribution in [0.15, 0.2) is 72.1 Å². The van der Waals surface area contributed by atoms with Crippen LogP contribution in [-0.2, 0) is 9.53 Å². The van der Waals surface area contributed by atoms with Gasteiger partial charge in [-0.1, -0.05) is 36.4 Å². The highest BCUT2D eigenvalue weighted by Crippen LogP contribution is 2.26. The summed E-state index contributed by atoms with van der Waals surface area (Å²) < 4.78 is 24.1. The lowest BCUT2D eigenvalue weighted by molar-refractivity contribution is -0.126. The van der Waals surface area contributed by atoms with Crippen molar-refractivity contribution in [2.75, 3.05) is 19.8 Å². The number of amides is 1. The van der Waals surface area contributed by atoms with E-state index in [1.54, 1.807) is 12.1 Å². The molecule has 1 heterocycles. The van der Waals surface area contributed by atoms with E-state index in [1.165, 1.54) is 23.5 Å². The van der Waals surface area contributed by atoms with Crippen molar-refractivity contribution in [2.24, 2.45) is 0 Å². The zero-order valence-corrected chi connectivity index (χ0v) is 15.5. The van der Waals surface area contributed by atoms with Gasteiger partial charge in [0.1, 0.15) is 24.8 Å². The van der Waals surface area contributed by atoms with Crippen LogP contribution in [0.2, 0.25) is 0 Å². The second-order valence-electron chi connectivity index (χ2n) is 5.78. The van der Waals surface area contributed by atoms with Crippen LogP contribution in [0.3, 0.4) is 0 Å². The molecule has 0 radical (unpaired) electrons. The van der Waals surface area contributed by atoms with Crippen LogP contribution in [0.5, 0.6) is 5.75 Å². The molecule has 3 aromatic rings. The molecule has 1 N–H and O–H groups in total. The molecule has 1 aromatic heterocycles. The predicted octanol–water partition coefficient (Wildman–Crippen LogP) is 4.19. The Labute approximate surface area is 161 Å². The first-order valence-corrected chi connectivity index (χ1v) is 9.44. The van der Waals surface area contributed by atoms with Crippen LogP contribution < -0.4 is 10.1 Å². The number of para-hydroxylation sites is 1. The summed E-state index contributed by atoms with van der Waals surface area (Å²) in [7, 11) is 0. The van der Waals surface area contributed by atoms with Crippen LogP contribution in [0.1, 0.15) is 16.5 Å². The molecule has 1 amide bonds. The Bertz CT molecular complexity index is 822. The molecule has 3 rings (SSSR count). The Morgan fingerprint density at radius 1 is 1.00 bits per heavy atom. The van der Waals surface area contributed by atoms with Gasteiger partial charge in [0.05, 0.1) is 12.6 Å². The molecule has 1 atom stereocenters. The van der Waals surface area contributed by atoms with E-state index < -0.39 is 0 Å². The quantitative estimate of drug-likeness (QED) is 0.562. The molecule has 2 aromatic carbocycles. The van der Waals surface area contributed by atoms with E-state index in [9.17, 15) is 9.18 Å². The second-order valence-corrected chi connectivity index (χ2v) is 6.76. The fourth-order valence-corrected chi connectivity index (χ4v) is 3.33. The number of hydrogen-bond acceptors (Lipinski definition) is 4. The van der Waals surface area contributed by atoms with Crippen molar-refractivity contribution in [1.82, 2.24) is 5.32 Å². The number of carbonyl (C=O) groups is 1. The Hall–Kier alpha value is -2.70. The number of ether oxygens (including phenoxy) is 2. The summed E-state index contributed by atoms with van der Waals surface area (Å²) in [5, 5.41) is 4.89. The Morgan fingerprint density at radius 3 is 2.48 bits per heavy atom. The molecule has 0 bridgehead atoms. The number of carbonyl (C=O) groups excluding carboxylic acids is 1. The molecular formula is C21H20FNO3S. The van der Waals surface area contributed by atoms with Gasteiger partial charge >= 0.3 is 0 Å². The second kappa shape index (κ2) is 9.85. The predicted molar refractivity (Wildman–Crippen MR) is 103 cm³/mol. The lowest BCUT2D eigenvalue weighted by Gasteiger charge is -2.18. The van der Waals surface area contributed by atoms with Gasteiger partial charge in [0, 0.05) is 4.88 Å². The number of rotatable bonds is 9. The highest BCUT2D eigenvalue weighted by molar-refractivity contribution is 7.10. The van der Waals surface area contributed by atoms with E-state index >= 15 is 0 Å². The van der Waals surface area contributed by atoms with E-state index in [4.69, 9.17) is 9.47 Å². The van der Waals surface area contributed by atoms with Crippen LogP contribution in [-0.4, -0.2) is 25.7 Å². The first-order valence-electron chi connectivity index (χ1n) is 8.56. The summed E-state index contributed by atoms with van der Waals surface area (Å²) >= 11 is 1.53. The molecule has 0 aliphatic carbocycles. The zero-order valence-electron chi connectivity index (χ0n) is 14.6. The van der Waals surface area contributed by atoms with Gasteiger partial charge in [-0.25, -0.2) is 4.39 Å². The third-order valence-corrected chi connectivity index (χ3v) is 4.75. The van der Waals surface area contributed by atoms with Gasteiger partial charge in [-0.05, 0) is 41.3 Å². The third kappa shape index (κ3) is 5.91. The summed E-state index contributed by atoms with van der Waals surface area (Å²) in [5.74, 6) is 0.216. The van der Waals surface area contributed by atoms with Crippen LogP contribution >= 0.6 is 11.3 Å². The van der Waals surface area contributed by atoms with Crippen molar-refractivity contribution in [1.29, 1.82) is 0 Å². The summed E-state index contributed by atoms with van der Waals surface area (Å²) in [6, 6.07) is 19.1. The summed E-state index contributed by atoms with van der Waals surface area (Å²) in [4.78, 5) is 13.3. The highest BCUT2D eigenvalue weighted by atomic mass is 32.1. The lowest BCUT2D eigenvalue weighted by atomic mass is 10.1. The minimum Gasteiger partial charge on any atom is -0.491 e. The van der Waals surface area contributed by atoms with Crippen molar-refractivity contribution in [2.45, 2.75) is 6.04 Å². The molecule has 1 unspecified atom stereocenters. The number of benzene rings is 2. The molecule has 6 heteroatoms. The number of halogens is 1. The van der Waals surface area contributed by atoms with Gasteiger partial charge in [0.2, 0.25) is 5.91 Å². The average molecular weight is 385 g/mol. The number of thiophene rings is 1. The smallest absolute Gasteiger partial charge is 0.246 e. The van der Waals surface area contributed by atoms with Gasteiger partial charge in [-0.3, -0.25) is 4.79 Å². The van der Waals surface area contributed by atoms with Gasteiger partial charge in [0.15, 0.2) is 0 Å². The zero-order chi connectivity index (χ0) is 18.9. The first-order chi connectivity index (χ1) is 13.2. The summed E-state index contributed by atoms with van der Waals surface area (Å²) in [5.41, 5.74) is 0.819. The largest absolute Gasteiger partial charge is 0.491 e. The van der Waals surface area contributed by atoms with Crippen LogP contribution in [0.25, 0.3) is 0 Å². The maximum absolute atomic E-state index is 13.2. The molecule has 0 aliphatic heterocycles. The number of hydrogen-bond donors (Lipinski definition) is 1. The van der Waals surface area contributed by atoms with Crippen molar-refractivity contribution in [3.05, 3.63) is 88.4 Å². The van der Waals surface area contributed by atoms with Crippen molar-refractivity contribution in [3.63, 3.8) is 0 Å². The van der Waals surface area contributed by atoms with Crippen LogP contribution in [0.4, 0.5) is 4.39 Å². The summed E-state index contributed by atoms with van der Waals surface area (Å²) in [6.07, 6.45) is 0. The monoisotopic (exact) mass is 385 g/mol. The first kappa shape index (κ1) is 19.1. The fourth-order valence-electron chi connectivity index (χ4n) is 2.53. The maximum Gasteiger partial charge on any atom is 0.246 e. The molecule has 0 aliphatic rings. The average Bonchev–Trinajstić information content (AvgIpc) is 3.22. The maximum atomic E-state index is 13.2. The minimum absolute atomic E-state index is 0.0682. The van der Waals surface area contributed by atoms with Crippen molar-refractivity contribution < 1.29 is 18.7 Å². The molecule has 27 heavy (non-hydrogen) atoms. The third-order valence-electron chi connectivity index (χ3n) is 3.81. The number of nitrogens with one attached hydrogen (secondary N) is 1. The van der Waals surface area contributed by atoms with Crippen molar-refractivity contribution >= 4 is 17.2 Å². The molecular weight excluding hydrogens is 365 g/mol. The lowest BCUT2D eigenvalue weighted by Crippen LogP contribution is -2.32. The van der Waals surface area contributed by atoms with Crippen molar-refractivity contribution in [3.8, 4) is 5.75 Å². The molecule has 0 saturated heterocycles. The van der Waals surface area contributed by atoms with E-state index in [-0.39, 0.29) is 24.4 Å². The topological polar surface area (TPSA) is 47.6 Å². The van der Waals surface area contributed by atoms with Gasteiger partial charge < -0.3 is 14.8 Å². The van der Waals surface area contributed by atoms with Gasteiger partial charge in [-0.15, -0.1) is 11.3 Å². The Balaban J connectivity index is 1.48. The standard InChI is InChI=1S/C21H20FNO3S/c22-17-10-8-16(9-11-17)21(19-7-4-14-27-19)23-20(24)15-25-12-13-26-18-5-2-1-3-6-18/h1-11,14,21H,12-13,15H2,(H,23,24). The fraction of sp³-hybridized carbons (Fsp3) is 0.190. The van der Waals surface area contributed by atoms with E-state index in [0.29, 0.717) is 13.2 Å². The minimum atomic E-state index is -0.331. The molecule has 4 nitrogen and oxygen atoms in total. The van der Waals surface area contributed by atoms with E-state index in [0.717, 1.165) is 16.2 Å². The van der Waals surface area contributed by atoms with Gasteiger partial charge in [-0.2, -0.15) is 0 Å². The van der Waals surface area contributed by atoms with E-state index in [2.05, 4.69) is 5.32 Å². The Kier molecular flexibility index (Phi) is 6.96. The normalized spacial score (nSPS) is 11.7. The van der Waals surface area contributed by atoms with Gasteiger partial charge in [0.25, 0.3) is 0 Å². The van der Waals surface area contributed by atoms with E-state index in [1.807, 2.05) is 47.8 Å². The SMILES string of the molecule is O=C(COCCOc1ccccc1)NC(c1ccc(F)cc1)c1cccs1. The Morgan fingerprint density at radius 2 is 1.78 bits per heavy atom. The molecule has 0 fully saturated rings. The summed E-state index contributed by atoms with van der Waals surface area (Å²) in [6.45, 7) is 0.605. The molecule has 140 valence electrons.